The Kier molecular flexibility index (Phi) is 6.49. The second-order valence-electron chi connectivity index (χ2n) is 6.21. The monoisotopic (exact) mass is 298 g/mol. The van der Waals surface area contributed by atoms with Crippen molar-refractivity contribution in [3.63, 3.8) is 0 Å². The summed E-state index contributed by atoms with van der Waals surface area (Å²) >= 11 is 0. The lowest BCUT2D eigenvalue weighted by Gasteiger charge is -2.39. The fourth-order valence-electron chi connectivity index (χ4n) is 3.12. The molecule has 0 aromatic rings. The maximum Gasteiger partial charge on any atom is 0.329 e. The van der Waals surface area contributed by atoms with Gasteiger partial charge in [0, 0.05) is 12.6 Å². The summed E-state index contributed by atoms with van der Waals surface area (Å²) in [6.45, 7) is 8.67. The van der Waals surface area contributed by atoms with E-state index in [-0.39, 0.29) is 12.1 Å². The number of carboxylic acid groups (broad SMARTS) is 1. The molecule has 0 spiro atoms. The molecule has 1 unspecified atom stereocenters. The normalized spacial score (nSPS) is 27.0. The van der Waals surface area contributed by atoms with Crippen molar-refractivity contribution in [2.45, 2.75) is 77.8 Å². The minimum atomic E-state index is -1.08. The predicted molar refractivity (Wildman–Crippen MR) is 83.3 cm³/mol. The molecule has 1 aliphatic carbocycles. The number of aliphatic carboxylic acids is 1. The van der Waals surface area contributed by atoms with E-state index in [1.54, 1.807) is 4.90 Å². The number of carboxylic acids is 1. The summed E-state index contributed by atoms with van der Waals surface area (Å²) in [4.78, 5) is 25.9. The molecule has 0 saturated heterocycles. The average molecular weight is 298 g/mol. The second-order valence-corrected chi connectivity index (χ2v) is 6.21. The summed E-state index contributed by atoms with van der Waals surface area (Å²) in [6, 6.07) is -0.128. The third-order valence-corrected chi connectivity index (χ3v) is 5.02. The van der Waals surface area contributed by atoms with Crippen LogP contribution in [-0.2, 0) is 4.79 Å². The van der Waals surface area contributed by atoms with Gasteiger partial charge in [-0.1, -0.05) is 20.3 Å². The van der Waals surface area contributed by atoms with Gasteiger partial charge in [-0.3, -0.25) is 0 Å². The van der Waals surface area contributed by atoms with E-state index < -0.39 is 11.5 Å². The quantitative estimate of drug-likeness (QED) is 0.791. The third-order valence-electron chi connectivity index (χ3n) is 5.02. The van der Waals surface area contributed by atoms with Gasteiger partial charge in [-0.25, -0.2) is 9.59 Å². The molecule has 0 radical (unpaired) electrons. The molecule has 2 amide bonds. The van der Waals surface area contributed by atoms with Crippen LogP contribution in [0.15, 0.2) is 0 Å². The van der Waals surface area contributed by atoms with Crippen molar-refractivity contribution >= 4 is 12.0 Å². The molecule has 0 bridgehead atoms. The van der Waals surface area contributed by atoms with Gasteiger partial charge in [0.05, 0.1) is 0 Å². The van der Waals surface area contributed by atoms with Crippen LogP contribution >= 0.6 is 0 Å². The van der Waals surface area contributed by atoms with Crippen LogP contribution in [0.5, 0.6) is 0 Å². The van der Waals surface area contributed by atoms with Gasteiger partial charge in [-0.2, -0.15) is 0 Å². The van der Waals surface area contributed by atoms with E-state index in [1.165, 1.54) is 0 Å². The lowest BCUT2D eigenvalue weighted by atomic mass is 9.75. The Hall–Kier alpha value is -1.26. The Balaban J connectivity index is 2.79. The Morgan fingerprint density at radius 3 is 2.24 bits per heavy atom. The van der Waals surface area contributed by atoms with Gasteiger partial charge < -0.3 is 15.3 Å². The standard InChI is InChI=1S/C16H30N2O3/c1-5-12(4)18(7-3)15(21)17-16(14(19)20)10-8-13(6-2)9-11-16/h12-13H,5-11H2,1-4H3,(H,17,21)(H,19,20). The number of rotatable bonds is 6. The number of hydrogen-bond acceptors (Lipinski definition) is 2. The van der Waals surface area contributed by atoms with Crippen molar-refractivity contribution in [1.29, 1.82) is 0 Å². The maximum atomic E-state index is 12.5. The van der Waals surface area contributed by atoms with Crippen LogP contribution in [0.3, 0.4) is 0 Å². The zero-order valence-corrected chi connectivity index (χ0v) is 13.8. The second kappa shape index (κ2) is 7.66. The molecule has 122 valence electrons. The van der Waals surface area contributed by atoms with Crippen LogP contribution in [0, 0.1) is 5.92 Å². The van der Waals surface area contributed by atoms with E-state index >= 15 is 0 Å². The van der Waals surface area contributed by atoms with Crippen LogP contribution in [0.1, 0.15) is 66.2 Å². The molecule has 1 saturated carbocycles. The first kappa shape index (κ1) is 17.8. The van der Waals surface area contributed by atoms with Gasteiger partial charge in [0.25, 0.3) is 0 Å². The molecular formula is C16H30N2O3. The molecule has 1 atom stereocenters. The van der Waals surface area contributed by atoms with Crippen LogP contribution in [0.25, 0.3) is 0 Å². The fourth-order valence-corrected chi connectivity index (χ4v) is 3.12. The first-order valence-electron chi connectivity index (χ1n) is 8.22. The Morgan fingerprint density at radius 2 is 1.86 bits per heavy atom. The van der Waals surface area contributed by atoms with Gasteiger partial charge in [0.1, 0.15) is 5.54 Å². The zero-order chi connectivity index (χ0) is 16.0. The topological polar surface area (TPSA) is 69.6 Å². The number of urea groups is 1. The SMILES string of the molecule is CCC1CCC(NC(=O)N(CC)C(C)CC)(C(=O)O)CC1. The molecule has 1 aliphatic rings. The van der Waals surface area contributed by atoms with Crippen LogP contribution in [0.4, 0.5) is 4.79 Å². The number of nitrogens with one attached hydrogen (secondary N) is 1. The van der Waals surface area contributed by atoms with E-state index in [0.717, 1.165) is 25.7 Å². The first-order chi connectivity index (χ1) is 9.90. The lowest BCUT2D eigenvalue weighted by molar-refractivity contribution is -0.146. The molecule has 0 aromatic carbocycles. The third kappa shape index (κ3) is 4.11. The zero-order valence-electron chi connectivity index (χ0n) is 13.8. The van der Waals surface area contributed by atoms with Crippen molar-refractivity contribution in [3.05, 3.63) is 0 Å². The van der Waals surface area contributed by atoms with Gasteiger partial charge in [-0.05, 0) is 51.9 Å². The summed E-state index contributed by atoms with van der Waals surface area (Å²) in [5.74, 6) is -0.308. The molecule has 0 heterocycles. The van der Waals surface area contributed by atoms with Gasteiger partial charge in [-0.15, -0.1) is 0 Å². The Labute approximate surface area is 128 Å². The largest absolute Gasteiger partial charge is 0.480 e. The van der Waals surface area contributed by atoms with E-state index in [1.807, 2.05) is 20.8 Å². The highest BCUT2D eigenvalue weighted by Crippen LogP contribution is 2.34. The van der Waals surface area contributed by atoms with Crippen molar-refractivity contribution in [1.82, 2.24) is 10.2 Å². The molecule has 0 aromatic heterocycles. The molecule has 5 nitrogen and oxygen atoms in total. The minimum absolute atomic E-state index is 0.118. The van der Waals surface area contributed by atoms with Crippen molar-refractivity contribution in [3.8, 4) is 0 Å². The number of hydrogen-bond donors (Lipinski definition) is 2. The van der Waals surface area contributed by atoms with Crippen LogP contribution < -0.4 is 5.32 Å². The van der Waals surface area contributed by atoms with E-state index in [4.69, 9.17) is 0 Å². The average Bonchev–Trinajstić information content (AvgIpc) is 2.48. The maximum absolute atomic E-state index is 12.5. The minimum Gasteiger partial charge on any atom is -0.480 e. The summed E-state index contributed by atoms with van der Waals surface area (Å²) in [7, 11) is 0. The number of nitrogens with zero attached hydrogens (tertiary/aromatic N) is 1. The highest BCUT2D eigenvalue weighted by Gasteiger charge is 2.43. The highest BCUT2D eigenvalue weighted by atomic mass is 16.4. The number of carbonyl (C=O) groups is 2. The van der Waals surface area contributed by atoms with Crippen LogP contribution in [0.2, 0.25) is 0 Å². The van der Waals surface area contributed by atoms with Gasteiger partial charge in [0.2, 0.25) is 0 Å². The number of carbonyl (C=O) groups excluding carboxylic acids is 1. The summed E-state index contributed by atoms with van der Waals surface area (Å²) in [5.41, 5.74) is -1.08. The molecular weight excluding hydrogens is 268 g/mol. The smallest absolute Gasteiger partial charge is 0.329 e. The van der Waals surface area contributed by atoms with E-state index in [9.17, 15) is 14.7 Å². The summed E-state index contributed by atoms with van der Waals surface area (Å²) in [6.07, 6.45) is 4.75. The Morgan fingerprint density at radius 1 is 1.29 bits per heavy atom. The van der Waals surface area contributed by atoms with Crippen molar-refractivity contribution in [2.75, 3.05) is 6.54 Å². The summed E-state index contributed by atoms with van der Waals surface area (Å²) < 4.78 is 0. The van der Waals surface area contributed by atoms with Gasteiger partial charge >= 0.3 is 12.0 Å². The first-order valence-corrected chi connectivity index (χ1v) is 8.22. The van der Waals surface area contributed by atoms with E-state index in [2.05, 4.69) is 12.2 Å². The lowest BCUT2D eigenvalue weighted by Crippen LogP contribution is -2.60. The molecule has 21 heavy (non-hydrogen) atoms. The Bertz CT molecular complexity index is 363. The molecule has 1 fully saturated rings. The molecule has 1 rings (SSSR count). The highest BCUT2D eigenvalue weighted by molar-refractivity contribution is 5.86. The summed E-state index contributed by atoms with van der Waals surface area (Å²) in [5, 5.41) is 12.4. The van der Waals surface area contributed by atoms with Crippen molar-refractivity contribution in [2.24, 2.45) is 5.92 Å². The van der Waals surface area contributed by atoms with Crippen LogP contribution in [-0.4, -0.2) is 40.1 Å². The molecule has 5 heteroatoms. The number of amides is 2. The predicted octanol–water partition coefficient (Wildman–Crippen LogP) is 3.24. The van der Waals surface area contributed by atoms with Gasteiger partial charge in [0.15, 0.2) is 0 Å². The fraction of sp³-hybridized carbons (Fsp3) is 0.875. The van der Waals surface area contributed by atoms with Crippen molar-refractivity contribution < 1.29 is 14.7 Å². The molecule has 2 N–H and O–H groups in total. The van der Waals surface area contributed by atoms with E-state index in [0.29, 0.717) is 25.3 Å². The molecule has 0 aliphatic heterocycles.